The lowest BCUT2D eigenvalue weighted by Gasteiger charge is -2.29. The summed E-state index contributed by atoms with van der Waals surface area (Å²) in [6, 6.07) is 8.74. The second-order valence-electron chi connectivity index (χ2n) is 8.76. The second-order valence-corrected chi connectivity index (χ2v) is 11.4. The van der Waals surface area contributed by atoms with E-state index in [1.54, 1.807) is 5.01 Å². The Morgan fingerprint density at radius 3 is 2.41 bits per heavy atom. The van der Waals surface area contributed by atoms with Crippen molar-refractivity contribution in [3.8, 4) is 0 Å². The van der Waals surface area contributed by atoms with Gasteiger partial charge in [-0.15, -0.1) is 11.3 Å². The van der Waals surface area contributed by atoms with Crippen LogP contribution in [0.25, 0.3) is 0 Å². The van der Waals surface area contributed by atoms with Crippen molar-refractivity contribution in [3.63, 3.8) is 0 Å². The lowest BCUT2D eigenvalue weighted by Crippen LogP contribution is -2.53. The number of hydrogen-bond acceptors (Lipinski definition) is 8. The summed E-state index contributed by atoms with van der Waals surface area (Å²) in [6.45, 7) is 6.55. The highest BCUT2D eigenvalue weighted by Crippen LogP contribution is 2.17. The van der Waals surface area contributed by atoms with Gasteiger partial charge in [0.15, 0.2) is 5.13 Å². The molecule has 13 heteroatoms. The first-order chi connectivity index (χ1) is 16.5. The van der Waals surface area contributed by atoms with Crippen molar-refractivity contribution in [2.75, 3.05) is 24.1 Å². The highest BCUT2D eigenvalue weighted by molar-refractivity contribution is 7.92. The highest BCUT2D eigenvalue weighted by Gasteiger charge is 2.26. The van der Waals surface area contributed by atoms with Gasteiger partial charge in [-0.1, -0.05) is 58.5 Å². The molecule has 0 saturated heterocycles. The minimum absolute atomic E-state index is 0. The van der Waals surface area contributed by atoms with Gasteiger partial charge in [0.05, 0.1) is 18.4 Å². The maximum absolute atomic E-state index is 12.9. The Morgan fingerprint density at radius 2 is 1.84 bits per heavy atom. The normalized spacial score (nSPS) is 12.7. The van der Waals surface area contributed by atoms with E-state index in [4.69, 9.17) is 0 Å². The maximum Gasteiger partial charge on any atom is 0.271 e. The largest absolute Gasteiger partial charge is 0.390 e. The Morgan fingerprint density at radius 1 is 1.19 bits per heavy atom. The highest BCUT2D eigenvalue weighted by atomic mass is 32.2. The number of aliphatic hydroxyl groups is 1. The van der Waals surface area contributed by atoms with Crippen molar-refractivity contribution in [2.24, 2.45) is 5.92 Å². The van der Waals surface area contributed by atoms with E-state index in [-0.39, 0.29) is 44.2 Å². The second kappa shape index (κ2) is 16.6. The third-order valence-corrected chi connectivity index (χ3v) is 6.56. The molecular formula is C24H41N5O5S3. The number of aliphatic hydroxyl groups excluding tert-OH is 1. The van der Waals surface area contributed by atoms with E-state index in [9.17, 15) is 23.1 Å². The smallest absolute Gasteiger partial charge is 0.271 e. The molecule has 4 N–H and O–H groups in total. The number of amides is 2. The zero-order chi connectivity index (χ0) is 26.0. The third kappa shape index (κ3) is 13.3. The van der Waals surface area contributed by atoms with E-state index < -0.39 is 28.1 Å². The summed E-state index contributed by atoms with van der Waals surface area (Å²) in [7, 11) is -3.52. The number of carbonyl (C=O) groups excluding carboxylic acids is 2. The molecule has 0 spiro atoms. The molecule has 1 heterocycles. The van der Waals surface area contributed by atoms with Crippen LogP contribution in [0, 0.1) is 5.92 Å². The first-order valence-corrected chi connectivity index (χ1v) is 14.2. The van der Waals surface area contributed by atoms with Crippen molar-refractivity contribution >= 4 is 51.8 Å². The zero-order valence-corrected chi connectivity index (χ0v) is 23.7. The number of carbonyl (C=O) groups is 2. The van der Waals surface area contributed by atoms with E-state index in [0.717, 1.165) is 29.6 Å². The van der Waals surface area contributed by atoms with E-state index >= 15 is 0 Å². The number of hydrazine groups is 1. The van der Waals surface area contributed by atoms with Crippen LogP contribution in [-0.2, 0) is 21.2 Å². The van der Waals surface area contributed by atoms with E-state index in [0.29, 0.717) is 25.3 Å². The summed E-state index contributed by atoms with van der Waals surface area (Å²) in [5.41, 5.74) is 3.79. The molecule has 0 saturated carbocycles. The number of aromatic nitrogens is 1. The van der Waals surface area contributed by atoms with Gasteiger partial charge in [0.25, 0.3) is 5.91 Å². The van der Waals surface area contributed by atoms with E-state index in [1.807, 2.05) is 51.1 Å². The number of likely N-dealkylation sites (N-methyl/N-ethyl adjacent to an activating group) is 1. The summed E-state index contributed by atoms with van der Waals surface area (Å²) < 4.78 is 25.1. The Kier molecular flexibility index (Phi) is 15.6. The maximum atomic E-state index is 12.9. The van der Waals surface area contributed by atoms with E-state index in [1.165, 1.54) is 5.38 Å². The first kappa shape index (κ1) is 34.8. The van der Waals surface area contributed by atoms with Crippen LogP contribution in [0.5, 0.6) is 0 Å². The van der Waals surface area contributed by atoms with E-state index in [2.05, 4.69) is 20.4 Å². The van der Waals surface area contributed by atoms with Gasteiger partial charge in [0.1, 0.15) is 5.69 Å². The molecule has 2 amide bonds. The van der Waals surface area contributed by atoms with Crippen LogP contribution in [0.15, 0.2) is 35.7 Å². The van der Waals surface area contributed by atoms with Crippen molar-refractivity contribution in [1.82, 2.24) is 20.7 Å². The molecule has 2 aromatic rings. The Balaban J connectivity index is 0.00000648. The van der Waals surface area contributed by atoms with Crippen LogP contribution in [0.4, 0.5) is 5.13 Å². The number of rotatable bonds is 14. The molecule has 10 nitrogen and oxygen atoms in total. The monoisotopic (exact) mass is 575 g/mol. The number of sulfonamides is 1. The Hall–Kier alpha value is -2.19. The molecule has 2 rings (SSSR count). The number of thiazole rings is 1. The Labute approximate surface area is 231 Å². The van der Waals surface area contributed by atoms with Gasteiger partial charge in [0, 0.05) is 24.9 Å². The van der Waals surface area contributed by atoms with Gasteiger partial charge in [-0.2, -0.15) is 13.5 Å². The topological polar surface area (TPSA) is 141 Å². The molecule has 0 aliphatic rings. The molecule has 0 aliphatic carbocycles. The van der Waals surface area contributed by atoms with Crippen LogP contribution < -0.4 is 15.5 Å². The SMILES string of the molecule is C.CCN(C[C@@H](O)[C@H](Cc1ccccc1)NC(=O)c1csc(NS(C)(=O)=O)n1)NC(=O)CCC(C)C.S. The molecule has 37 heavy (non-hydrogen) atoms. The molecule has 1 aromatic heterocycles. The van der Waals surface area contributed by atoms with Gasteiger partial charge in [-0.05, 0) is 24.3 Å². The molecule has 2 atom stereocenters. The fourth-order valence-corrected chi connectivity index (χ4v) is 4.78. The number of benzene rings is 1. The van der Waals surface area contributed by atoms with Crippen molar-refractivity contribution in [2.45, 2.75) is 59.6 Å². The van der Waals surface area contributed by atoms with Crippen LogP contribution in [0.2, 0.25) is 0 Å². The van der Waals surface area contributed by atoms with Crippen molar-refractivity contribution < 1.29 is 23.1 Å². The summed E-state index contributed by atoms with van der Waals surface area (Å²) >= 11 is 0.991. The molecule has 210 valence electrons. The van der Waals surface area contributed by atoms with Gasteiger partial charge in [-0.3, -0.25) is 19.7 Å². The summed E-state index contributed by atoms with van der Waals surface area (Å²) in [5, 5.41) is 17.0. The number of hydrogen-bond donors (Lipinski definition) is 4. The number of nitrogens with zero attached hydrogens (tertiary/aromatic N) is 2. The predicted molar refractivity (Wildman–Crippen MR) is 155 cm³/mol. The summed E-state index contributed by atoms with van der Waals surface area (Å²) in [4.78, 5) is 29.2. The summed E-state index contributed by atoms with van der Waals surface area (Å²) in [6.07, 6.45) is 1.51. The lowest BCUT2D eigenvalue weighted by molar-refractivity contribution is -0.126. The Bertz CT molecular complexity index is 1060. The van der Waals surface area contributed by atoms with Crippen molar-refractivity contribution in [1.29, 1.82) is 0 Å². The number of nitrogens with one attached hydrogen (secondary N) is 3. The van der Waals surface area contributed by atoms with Gasteiger partial charge >= 0.3 is 0 Å². The fourth-order valence-electron chi connectivity index (χ4n) is 3.24. The van der Waals surface area contributed by atoms with Gasteiger partial charge in [0.2, 0.25) is 15.9 Å². The van der Waals surface area contributed by atoms with Crippen molar-refractivity contribution in [3.05, 3.63) is 47.0 Å². The quantitative estimate of drug-likeness (QED) is 0.254. The summed E-state index contributed by atoms with van der Waals surface area (Å²) in [5.74, 6) is -0.248. The molecule has 0 radical (unpaired) electrons. The zero-order valence-electron chi connectivity index (χ0n) is 21.0. The average Bonchev–Trinajstić information content (AvgIpc) is 3.24. The van der Waals surface area contributed by atoms with Crippen LogP contribution in [0.3, 0.4) is 0 Å². The lowest BCUT2D eigenvalue weighted by atomic mass is 10.0. The van der Waals surface area contributed by atoms with Crippen LogP contribution in [0.1, 0.15) is 57.1 Å². The number of anilines is 1. The standard InChI is InChI=1S/C23H35N5O5S2.CH4.H2S/c1-5-28(26-21(30)12-11-16(2)3)14-20(29)18(13-17-9-7-6-8-10-17)24-22(31)19-15-34-23(25-19)27-35(4,32)33;;/h6-10,15-16,18,20,29H,5,11-14H2,1-4H3,(H,24,31)(H,25,27)(H,26,30);1H4;1H2/t18-,20+;;/m0../s1. The molecular weight excluding hydrogens is 534 g/mol. The fraction of sp³-hybridized carbons (Fsp3) is 0.542. The molecule has 0 fully saturated rings. The predicted octanol–water partition coefficient (Wildman–Crippen LogP) is 2.75. The molecule has 0 unspecified atom stereocenters. The minimum atomic E-state index is -3.52. The third-order valence-electron chi connectivity index (χ3n) is 5.11. The average molecular weight is 576 g/mol. The van der Waals surface area contributed by atoms with Crippen LogP contribution >= 0.6 is 24.8 Å². The molecule has 0 bridgehead atoms. The molecule has 1 aromatic carbocycles. The molecule has 0 aliphatic heterocycles. The van der Waals surface area contributed by atoms with Crippen LogP contribution in [-0.4, -0.2) is 66.8 Å². The minimum Gasteiger partial charge on any atom is -0.390 e. The van der Waals surface area contributed by atoms with Gasteiger partial charge < -0.3 is 10.4 Å². The first-order valence-electron chi connectivity index (χ1n) is 11.5. The van der Waals surface area contributed by atoms with Gasteiger partial charge in [-0.25, -0.2) is 18.4 Å².